The minimum atomic E-state index is -2.45. The van der Waals surface area contributed by atoms with Crippen molar-refractivity contribution in [2.24, 2.45) is 5.92 Å². The van der Waals surface area contributed by atoms with Gasteiger partial charge in [-0.3, -0.25) is 4.79 Å². The van der Waals surface area contributed by atoms with Crippen LogP contribution < -0.4 is 10.4 Å². The molecule has 0 aromatic heterocycles. The zero-order valence-corrected chi connectivity index (χ0v) is 23.7. The van der Waals surface area contributed by atoms with Crippen LogP contribution in [0.1, 0.15) is 66.7 Å². The van der Waals surface area contributed by atoms with Crippen LogP contribution in [0.2, 0.25) is 5.04 Å². The third kappa shape index (κ3) is 8.05. The van der Waals surface area contributed by atoms with Crippen molar-refractivity contribution in [3.05, 3.63) is 72.3 Å². The van der Waals surface area contributed by atoms with Crippen LogP contribution in [-0.2, 0) is 9.22 Å². The van der Waals surface area contributed by atoms with Gasteiger partial charge in [0.1, 0.15) is 5.78 Å². The van der Waals surface area contributed by atoms with E-state index in [1.54, 1.807) is 0 Å². The average Bonchev–Trinajstić information content (AvgIpc) is 2.80. The third-order valence-corrected chi connectivity index (χ3v) is 12.0. The van der Waals surface area contributed by atoms with Crippen molar-refractivity contribution in [1.82, 2.24) is 0 Å². The first-order chi connectivity index (χ1) is 15.7. The van der Waals surface area contributed by atoms with Gasteiger partial charge in [-0.05, 0) is 53.9 Å². The minimum Gasteiger partial charge on any atom is -0.407 e. The minimum absolute atomic E-state index is 0.0152. The quantitative estimate of drug-likeness (QED) is 0.158. The van der Waals surface area contributed by atoms with Gasteiger partial charge in [-0.1, -0.05) is 116 Å². The summed E-state index contributed by atoms with van der Waals surface area (Å²) in [5.74, 6) is 0.766. The van der Waals surface area contributed by atoms with Crippen molar-refractivity contribution in [2.75, 3.05) is 11.9 Å². The summed E-state index contributed by atoms with van der Waals surface area (Å²) < 4.78 is 7.07. The van der Waals surface area contributed by atoms with E-state index in [-0.39, 0.29) is 10.8 Å². The molecule has 0 heterocycles. The molecule has 0 aliphatic rings. The van der Waals surface area contributed by atoms with E-state index in [4.69, 9.17) is 4.43 Å². The van der Waals surface area contributed by atoms with Gasteiger partial charge in [0.25, 0.3) is 8.32 Å². The summed E-state index contributed by atoms with van der Waals surface area (Å²) in [4.78, 5) is 11.4. The summed E-state index contributed by atoms with van der Waals surface area (Å²) in [6, 6.07) is 21.7. The first-order valence-electron chi connectivity index (χ1n) is 12.2. The van der Waals surface area contributed by atoms with Crippen LogP contribution in [0.15, 0.2) is 72.3 Å². The number of carbonyl (C=O) groups excluding carboxylic acids is 1. The van der Waals surface area contributed by atoms with Crippen molar-refractivity contribution < 1.29 is 9.22 Å². The second-order valence-corrected chi connectivity index (χ2v) is 15.1. The largest absolute Gasteiger partial charge is 0.407 e. The summed E-state index contributed by atoms with van der Waals surface area (Å²) in [7, 11) is -2.45. The molecule has 4 heteroatoms. The maximum absolute atomic E-state index is 11.4. The lowest BCUT2D eigenvalue weighted by Crippen LogP contribution is -2.66. The van der Waals surface area contributed by atoms with E-state index < -0.39 is 8.32 Å². The fraction of sp³-hybridized carbons (Fsp3) is 0.483. The maximum Gasteiger partial charge on any atom is 0.261 e. The number of alkyl halides is 1. The van der Waals surface area contributed by atoms with Crippen LogP contribution in [0.5, 0.6) is 0 Å². The summed E-state index contributed by atoms with van der Waals surface area (Å²) >= 11 is 3.23. The van der Waals surface area contributed by atoms with Crippen LogP contribution in [0, 0.1) is 5.92 Å². The van der Waals surface area contributed by atoms with Crippen LogP contribution in [-0.4, -0.2) is 26.0 Å². The van der Waals surface area contributed by atoms with Crippen molar-refractivity contribution in [2.45, 2.75) is 71.8 Å². The van der Waals surface area contributed by atoms with E-state index in [0.29, 0.717) is 17.7 Å². The zero-order valence-electron chi connectivity index (χ0n) is 21.1. The highest BCUT2D eigenvalue weighted by molar-refractivity contribution is 9.09. The standard InChI is InChI=1S/C29H41BrO2Si/c1-24(15-13-17-26(31)22-30)14-12-16-25(2)23-32-33(29(3,4)5,27-18-8-6-9-19-27)28-20-10-7-11-21-28/h6-11,15,18-21,25H,12-14,16-17,22-23H2,1-5H3. The molecule has 0 fully saturated rings. The van der Waals surface area contributed by atoms with E-state index in [0.717, 1.165) is 32.3 Å². The zero-order chi connectivity index (χ0) is 24.3. The van der Waals surface area contributed by atoms with Crippen molar-refractivity contribution >= 4 is 40.4 Å². The molecule has 0 saturated carbocycles. The van der Waals surface area contributed by atoms with Crippen molar-refractivity contribution in [1.29, 1.82) is 0 Å². The smallest absolute Gasteiger partial charge is 0.261 e. The highest BCUT2D eigenvalue weighted by Crippen LogP contribution is 2.37. The van der Waals surface area contributed by atoms with E-state index in [2.05, 4.69) is 117 Å². The molecule has 0 spiro atoms. The highest BCUT2D eigenvalue weighted by atomic mass is 79.9. The summed E-state index contributed by atoms with van der Waals surface area (Å²) in [6.07, 6.45) is 7.09. The summed E-state index contributed by atoms with van der Waals surface area (Å²) in [5, 5.41) is 3.16. The molecule has 2 aromatic rings. The molecule has 2 nitrogen and oxygen atoms in total. The Kier molecular flexibility index (Phi) is 11.3. The Morgan fingerprint density at radius 3 is 2.03 bits per heavy atom. The Labute approximate surface area is 211 Å². The van der Waals surface area contributed by atoms with E-state index in [1.807, 2.05) is 0 Å². The number of carbonyl (C=O) groups is 1. The lowest BCUT2D eigenvalue weighted by Gasteiger charge is -2.43. The monoisotopic (exact) mass is 528 g/mol. The fourth-order valence-corrected chi connectivity index (χ4v) is 9.46. The lowest BCUT2D eigenvalue weighted by atomic mass is 10.0. The van der Waals surface area contributed by atoms with Crippen LogP contribution >= 0.6 is 15.9 Å². The molecular weight excluding hydrogens is 488 g/mol. The number of hydrogen-bond donors (Lipinski definition) is 0. The number of halogens is 1. The first-order valence-corrected chi connectivity index (χ1v) is 15.2. The number of ketones is 1. The Balaban J connectivity index is 2.06. The van der Waals surface area contributed by atoms with Crippen molar-refractivity contribution in [3.8, 4) is 0 Å². The van der Waals surface area contributed by atoms with Gasteiger partial charge in [0.05, 0.1) is 5.33 Å². The molecule has 0 radical (unpaired) electrons. The molecule has 180 valence electrons. The highest BCUT2D eigenvalue weighted by Gasteiger charge is 2.50. The summed E-state index contributed by atoms with van der Waals surface area (Å²) in [5.41, 5.74) is 1.39. The molecule has 0 bridgehead atoms. The normalized spacial score (nSPS) is 13.7. The molecular formula is C29H41BrO2Si. The van der Waals surface area contributed by atoms with Gasteiger partial charge in [0, 0.05) is 13.0 Å². The SMILES string of the molecule is CC(=CCCC(=O)CBr)CCCC(C)CO[Si](c1ccccc1)(c1ccccc1)C(C)(C)C. The molecule has 0 N–H and O–H groups in total. The second-order valence-electron chi connectivity index (χ2n) is 10.2. The Hall–Kier alpha value is -1.49. The van der Waals surface area contributed by atoms with Gasteiger partial charge >= 0.3 is 0 Å². The van der Waals surface area contributed by atoms with Gasteiger partial charge in [-0.15, -0.1) is 0 Å². The van der Waals surface area contributed by atoms with Crippen LogP contribution in [0.4, 0.5) is 0 Å². The first kappa shape index (κ1) is 27.7. The lowest BCUT2D eigenvalue weighted by molar-refractivity contribution is -0.116. The van der Waals surface area contributed by atoms with Gasteiger partial charge in [-0.2, -0.15) is 0 Å². The molecule has 1 unspecified atom stereocenters. The molecule has 0 aliphatic carbocycles. The second kappa shape index (κ2) is 13.4. The number of allylic oxidation sites excluding steroid dienone is 2. The predicted octanol–water partition coefficient (Wildman–Crippen LogP) is 7.06. The Bertz CT molecular complexity index is 832. The fourth-order valence-electron chi connectivity index (χ4n) is 4.49. The number of rotatable bonds is 13. The molecule has 2 rings (SSSR count). The maximum atomic E-state index is 11.4. The van der Waals surface area contributed by atoms with E-state index in [9.17, 15) is 4.79 Å². The topological polar surface area (TPSA) is 26.3 Å². The van der Waals surface area contributed by atoms with Crippen LogP contribution in [0.25, 0.3) is 0 Å². The van der Waals surface area contributed by atoms with Gasteiger partial charge in [0.2, 0.25) is 0 Å². The van der Waals surface area contributed by atoms with Gasteiger partial charge < -0.3 is 4.43 Å². The predicted molar refractivity (Wildman–Crippen MR) is 148 cm³/mol. The molecule has 0 saturated heterocycles. The van der Waals surface area contributed by atoms with E-state index in [1.165, 1.54) is 15.9 Å². The number of hydrogen-bond acceptors (Lipinski definition) is 2. The Morgan fingerprint density at radius 2 is 1.55 bits per heavy atom. The molecule has 0 amide bonds. The molecule has 0 aliphatic heterocycles. The molecule has 1 atom stereocenters. The Morgan fingerprint density at radius 1 is 1.00 bits per heavy atom. The van der Waals surface area contributed by atoms with Gasteiger partial charge in [-0.25, -0.2) is 0 Å². The summed E-state index contributed by atoms with van der Waals surface area (Å²) in [6.45, 7) is 12.3. The molecule has 33 heavy (non-hydrogen) atoms. The van der Waals surface area contributed by atoms with Gasteiger partial charge in [0.15, 0.2) is 0 Å². The number of Topliss-reactive ketones (excluding diaryl/α,β-unsaturated/α-hetero) is 1. The van der Waals surface area contributed by atoms with Crippen molar-refractivity contribution in [3.63, 3.8) is 0 Å². The van der Waals surface area contributed by atoms with Crippen LogP contribution in [0.3, 0.4) is 0 Å². The van der Waals surface area contributed by atoms with E-state index >= 15 is 0 Å². The molecule has 2 aromatic carbocycles. The average molecular weight is 530 g/mol. The number of benzene rings is 2. The third-order valence-electron chi connectivity index (χ3n) is 6.33.